The average molecular weight is 779 g/mol. The van der Waals surface area contributed by atoms with Crippen molar-refractivity contribution in [3.05, 3.63) is 56.9 Å². The molecule has 304 valence electrons. The standard InChI is InChI=1S/C41H54N4O11/c1-3-29-30-21-28(9-10-34(30)44-37-31(29)24-45-35(37)22-33-32(38(45)47)25-55-40(49)41(33,50)4-2)56-39(48)27-7-5-26(6-8-27)23-43-36(46)11-13-51-15-17-53-19-20-54-18-16-52-14-12-42/h9-10,21-22,26-27,50H,3-8,11-20,23-25,42H2,1-2H3,(H,43,46)/t26?,27?,41-/m0/s1. The smallest absolute Gasteiger partial charge is 0.343 e. The summed E-state index contributed by atoms with van der Waals surface area (Å²) in [4.78, 5) is 56.8. The number of hydrogen-bond donors (Lipinski definition) is 3. The van der Waals surface area contributed by atoms with Gasteiger partial charge in [-0.15, -0.1) is 0 Å². The van der Waals surface area contributed by atoms with Crippen LogP contribution in [0, 0.1) is 11.8 Å². The number of benzene rings is 1. The number of fused-ring (bicyclic) bond motifs is 5. The van der Waals surface area contributed by atoms with Crippen LogP contribution < -0.4 is 21.3 Å². The van der Waals surface area contributed by atoms with Crippen LogP contribution in [0.25, 0.3) is 22.3 Å². The van der Waals surface area contributed by atoms with Gasteiger partial charge >= 0.3 is 11.9 Å². The van der Waals surface area contributed by atoms with Gasteiger partial charge in [-0.2, -0.15) is 0 Å². The lowest BCUT2D eigenvalue weighted by Gasteiger charge is -2.31. The predicted octanol–water partition coefficient (Wildman–Crippen LogP) is 2.89. The second kappa shape index (κ2) is 19.3. The van der Waals surface area contributed by atoms with Crippen LogP contribution in [0.1, 0.15) is 74.6 Å². The van der Waals surface area contributed by atoms with Crippen LogP contribution >= 0.6 is 0 Å². The fourth-order valence-corrected chi connectivity index (χ4v) is 7.77. The third-order valence-corrected chi connectivity index (χ3v) is 11.0. The molecule has 4 heterocycles. The average Bonchev–Trinajstić information content (AvgIpc) is 3.58. The fraction of sp³-hybridized carbons (Fsp3) is 0.585. The number of amides is 1. The Morgan fingerprint density at radius 2 is 1.62 bits per heavy atom. The molecule has 1 saturated carbocycles. The van der Waals surface area contributed by atoms with Crippen LogP contribution in [0.5, 0.6) is 5.75 Å². The number of esters is 2. The van der Waals surface area contributed by atoms with E-state index in [1.807, 2.05) is 19.1 Å². The minimum absolute atomic E-state index is 0.0644. The number of hydrogen-bond acceptors (Lipinski definition) is 13. The van der Waals surface area contributed by atoms with Crippen LogP contribution in [0.2, 0.25) is 0 Å². The molecule has 1 amide bonds. The van der Waals surface area contributed by atoms with Crippen molar-refractivity contribution in [3.8, 4) is 17.1 Å². The van der Waals surface area contributed by atoms with Gasteiger partial charge in [0.1, 0.15) is 12.4 Å². The summed E-state index contributed by atoms with van der Waals surface area (Å²) < 4.78 is 34.3. The molecule has 0 saturated heterocycles. The lowest BCUT2D eigenvalue weighted by molar-refractivity contribution is -0.172. The molecule has 0 radical (unpaired) electrons. The van der Waals surface area contributed by atoms with Gasteiger partial charge in [0.15, 0.2) is 5.60 Å². The van der Waals surface area contributed by atoms with Crippen LogP contribution in [-0.2, 0) is 63.2 Å². The lowest BCUT2D eigenvalue weighted by Crippen LogP contribution is -2.44. The third-order valence-electron chi connectivity index (χ3n) is 11.0. The summed E-state index contributed by atoms with van der Waals surface area (Å²) in [6, 6.07) is 7.10. The van der Waals surface area contributed by atoms with E-state index in [0.717, 1.165) is 29.4 Å². The molecular formula is C41H54N4O11. The van der Waals surface area contributed by atoms with Crippen LogP contribution in [-0.4, -0.2) is 98.4 Å². The quantitative estimate of drug-likeness (QED) is 0.0673. The summed E-state index contributed by atoms with van der Waals surface area (Å²) in [5.74, 6) is -0.604. The number of pyridine rings is 2. The number of cyclic esters (lactones) is 1. The highest BCUT2D eigenvalue weighted by Gasteiger charge is 2.45. The van der Waals surface area contributed by atoms with Gasteiger partial charge in [-0.25, -0.2) is 9.78 Å². The lowest BCUT2D eigenvalue weighted by atomic mass is 9.82. The molecule has 6 rings (SSSR count). The Labute approximate surface area is 326 Å². The molecule has 2 aliphatic heterocycles. The first-order chi connectivity index (χ1) is 27.2. The van der Waals surface area contributed by atoms with Gasteiger partial charge in [0.05, 0.1) is 87.8 Å². The van der Waals surface area contributed by atoms with Gasteiger partial charge in [0.2, 0.25) is 5.91 Å². The van der Waals surface area contributed by atoms with E-state index in [4.69, 9.17) is 39.1 Å². The first kappa shape index (κ1) is 41.4. The molecule has 3 aromatic rings. The summed E-state index contributed by atoms with van der Waals surface area (Å²) in [7, 11) is 0. The van der Waals surface area contributed by atoms with Crippen molar-refractivity contribution < 1.29 is 47.9 Å². The molecule has 1 aliphatic carbocycles. The Balaban J connectivity index is 0.950. The predicted molar refractivity (Wildman–Crippen MR) is 205 cm³/mol. The number of aromatic nitrogens is 2. The Kier molecular flexibility index (Phi) is 14.2. The number of carbonyl (C=O) groups is 3. The molecule has 1 aromatic carbocycles. The number of ether oxygens (including phenoxy) is 6. The maximum atomic E-state index is 13.7. The van der Waals surface area contributed by atoms with E-state index in [-0.39, 0.29) is 53.9 Å². The van der Waals surface area contributed by atoms with Gasteiger partial charge in [-0.05, 0) is 74.3 Å². The second-order valence-corrected chi connectivity index (χ2v) is 14.5. The van der Waals surface area contributed by atoms with E-state index in [0.29, 0.717) is 120 Å². The molecule has 56 heavy (non-hydrogen) atoms. The Morgan fingerprint density at radius 3 is 2.29 bits per heavy atom. The molecule has 0 spiro atoms. The molecule has 4 N–H and O–H groups in total. The maximum absolute atomic E-state index is 13.7. The molecule has 0 bridgehead atoms. The van der Waals surface area contributed by atoms with E-state index in [9.17, 15) is 24.3 Å². The number of nitrogens with zero attached hydrogens (tertiary/aromatic N) is 2. The fourth-order valence-electron chi connectivity index (χ4n) is 7.77. The molecule has 0 unspecified atom stereocenters. The number of aryl methyl sites for hydroxylation is 1. The number of rotatable bonds is 20. The first-order valence-electron chi connectivity index (χ1n) is 19.8. The number of aliphatic hydroxyl groups is 1. The summed E-state index contributed by atoms with van der Waals surface area (Å²) in [5.41, 5.74) is 7.46. The van der Waals surface area contributed by atoms with Crippen LogP contribution in [0.3, 0.4) is 0 Å². The van der Waals surface area contributed by atoms with E-state index in [1.165, 1.54) is 0 Å². The first-order valence-corrected chi connectivity index (χ1v) is 19.8. The minimum atomic E-state index is -1.89. The van der Waals surface area contributed by atoms with Gasteiger partial charge in [0, 0.05) is 36.0 Å². The molecule has 15 nitrogen and oxygen atoms in total. The van der Waals surface area contributed by atoms with Crippen molar-refractivity contribution in [3.63, 3.8) is 0 Å². The van der Waals surface area contributed by atoms with E-state index >= 15 is 0 Å². The number of carbonyl (C=O) groups excluding carboxylic acids is 3. The van der Waals surface area contributed by atoms with Crippen LogP contribution in [0.4, 0.5) is 0 Å². The second-order valence-electron chi connectivity index (χ2n) is 14.5. The molecule has 1 fully saturated rings. The Bertz CT molecular complexity index is 1940. The van der Waals surface area contributed by atoms with Gasteiger partial charge in [0.25, 0.3) is 5.56 Å². The van der Waals surface area contributed by atoms with Crippen molar-refractivity contribution >= 4 is 28.7 Å². The van der Waals surface area contributed by atoms with Crippen LogP contribution in [0.15, 0.2) is 29.1 Å². The zero-order valence-corrected chi connectivity index (χ0v) is 32.4. The maximum Gasteiger partial charge on any atom is 0.343 e. The topological polar surface area (TPSA) is 200 Å². The number of nitrogens with one attached hydrogen (secondary N) is 1. The molecular weight excluding hydrogens is 724 g/mol. The molecule has 15 heteroatoms. The normalized spacial score (nSPS) is 20.0. The Morgan fingerprint density at radius 1 is 0.946 bits per heavy atom. The summed E-state index contributed by atoms with van der Waals surface area (Å²) in [5, 5.41) is 15.0. The monoisotopic (exact) mass is 778 g/mol. The van der Waals surface area contributed by atoms with Crippen molar-refractivity contribution in [2.45, 2.75) is 77.5 Å². The Hall–Kier alpha value is -4.25. The van der Waals surface area contributed by atoms with Gasteiger partial charge < -0.3 is 49.1 Å². The highest BCUT2D eigenvalue weighted by molar-refractivity contribution is 5.90. The van der Waals surface area contributed by atoms with Crippen molar-refractivity contribution in [2.75, 3.05) is 65.9 Å². The highest BCUT2D eigenvalue weighted by Crippen LogP contribution is 2.41. The zero-order chi connectivity index (χ0) is 39.7. The van der Waals surface area contributed by atoms with Gasteiger partial charge in [-0.1, -0.05) is 13.8 Å². The summed E-state index contributed by atoms with van der Waals surface area (Å²) in [6.07, 6.45) is 3.97. The summed E-state index contributed by atoms with van der Waals surface area (Å²) in [6.45, 7) is 8.48. The number of nitrogens with two attached hydrogens (primary N) is 1. The van der Waals surface area contributed by atoms with E-state index in [2.05, 4.69) is 5.32 Å². The summed E-state index contributed by atoms with van der Waals surface area (Å²) >= 11 is 0. The molecule has 3 aliphatic rings. The largest absolute Gasteiger partial charge is 0.458 e. The zero-order valence-electron chi connectivity index (χ0n) is 32.4. The third kappa shape index (κ3) is 9.30. The minimum Gasteiger partial charge on any atom is -0.458 e. The van der Waals surface area contributed by atoms with E-state index in [1.54, 1.807) is 23.6 Å². The SMILES string of the molecule is CCc1c2c(nc3ccc(OC(=O)C4CCC(CNC(=O)CCOCCOCCOCCOCCN)CC4)cc13)-c1cc3c(c(=O)n1C2)COC(=O)[C@]3(O)CC. The van der Waals surface area contributed by atoms with E-state index < -0.39 is 11.6 Å². The highest BCUT2D eigenvalue weighted by atomic mass is 16.6. The van der Waals surface area contributed by atoms with Gasteiger partial charge in [-0.3, -0.25) is 14.4 Å². The molecule has 2 aromatic heterocycles. The van der Waals surface area contributed by atoms with Crippen molar-refractivity contribution in [2.24, 2.45) is 17.6 Å². The van der Waals surface area contributed by atoms with Crippen molar-refractivity contribution in [1.29, 1.82) is 0 Å². The van der Waals surface area contributed by atoms with Crippen molar-refractivity contribution in [1.82, 2.24) is 14.9 Å². The molecule has 1 atom stereocenters.